The molecule has 0 unspecified atom stereocenters. The zero-order chi connectivity index (χ0) is 25.0. The number of hydrogen-bond donors (Lipinski definition) is 3. The molecule has 3 N–H and O–H groups in total. The monoisotopic (exact) mass is 474 g/mol. The van der Waals surface area contributed by atoms with Crippen LogP contribution in [0.5, 0.6) is 0 Å². The van der Waals surface area contributed by atoms with Crippen LogP contribution < -0.4 is 16.0 Å². The SMILES string of the molecule is COCCNC(=O)c1cccc(NC(=O)CNc2cccc(C(=O)N(C)Cc3ccccc3)c2)c1. The molecule has 0 bridgehead atoms. The van der Waals surface area contributed by atoms with Crippen LogP contribution in [0, 0.1) is 0 Å². The van der Waals surface area contributed by atoms with Gasteiger partial charge in [-0.3, -0.25) is 14.4 Å². The zero-order valence-electron chi connectivity index (χ0n) is 19.9. The number of nitrogens with zero attached hydrogens (tertiary/aromatic N) is 1. The fourth-order valence-electron chi connectivity index (χ4n) is 3.41. The highest BCUT2D eigenvalue weighted by molar-refractivity contribution is 5.98. The van der Waals surface area contributed by atoms with Crippen molar-refractivity contribution in [1.82, 2.24) is 10.2 Å². The Kier molecular flexibility index (Phi) is 9.39. The van der Waals surface area contributed by atoms with Gasteiger partial charge in [-0.1, -0.05) is 42.5 Å². The van der Waals surface area contributed by atoms with Crippen molar-refractivity contribution in [3.05, 3.63) is 95.6 Å². The molecule has 182 valence electrons. The highest BCUT2D eigenvalue weighted by atomic mass is 16.5. The number of benzene rings is 3. The molecule has 0 aromatic heterocycles. The van der Waals surface area contributed by atoms with E-state index in [1.54, 1.807) is 67.6 Å². The maximum Gasteiger partial charge on any atom is 0.253 e. The molecule has 3 amide bonds. The van der Waals surface area contributed by atoms with Gasteiger partial charge in [0.2, 0.25) is 5.91 Å². The standard InChI is InChI=1S/C27H30N4O4/c1-31(19-20-8-4-3-5-9-20)27(34)22-11-7-12-23(17-22)29-18-25(32)30-24-13-6-10-21(16-24)26(33)28-14-15-35-2/h3-13,16-17,29H,14-15,18-19H2,1-2H3,(H,28,33)(H,30,32). The quantitative estimate of drug-likeness (QED) is 0.370. The van der Waals surface area contributed by atoms with E-state index in [9.17, 15) is 14.4 Å². The summed E-state index contributed by atoms with van der Waals surface area (Å²) >= 11 is 0. The minimum Gasteiger partial charge on any atom is -0.383 e. The molecule has 8 heteroatoms. The van der Waals surface area contributed by atoms with E-state index in [1.807, 2.05) is 30.3 Å². The number of amides is 3. The van der Waals surface area contributed by atoms with Crippen molar-refractivity contribution in [3.8, 4) is 0 Å². The summed E-state index contributed by atoms with van der Waals surface area (Å²) in [4.78, 5) is 39.1. The molecule has 0 saturated heterocycles. The lowest BCUT2D eigenvalue weighted by Gasteiger charge is -2.18. The molecular formula is C27H30N4O4. The van der Waals surface area contributed by atoms with Gasteiger partial charge in [0, 0.05) is 49.7 Å². The van der Waals surface area contributed by atoms with Gasteiger partial charge in [0.1, 0.15) is 0 Å². The van der Waals surface area contributed by atoms with Crippen molar-refractivity contribution in [1.29, 1.82) is 0 Å². The summed E-state index contributed by atoms with van der Waals surface area (Å²) in [6, 6.07) is 23.5. The molecule has 0 atom stereocenters. The van der Waals surface area contributed by atoms with Crippen molar-refractivity contribution in [2.45, 2.75) is 6.54 Å². The van der Waals surface area contributed by atoms with Crippen LogP contribution in [0.4, 0.5) is 11.4 Å². The summed E-state index contributed by atoms with van der Waals surface area (Å²) in [5.41, 5.74) is 3.19. The number of methoxy groups -OCH3 is 1. The van der Waals surface area contributed by atoms with E-state index in [4.69, 9.17) is 4.74 Å². The molecule has 0 spiro atoms. The molecule has 0 radical (unpaired) electrons. The third-order valence-electron chi connectivity index (χ3n) is 5.17. The third kappa shape index (κ3) is 7.97. The largest absolute Gasteiger partial charge is 0.383 e. The van der Waals surface area contributed by atoms with Gasteiger partial charge in [-0.2, -0.15) is 0 Å². The van der Waals surface area contributed by atoms with E-state index in [0.717, 1.165) is 5.56 Å². The zero-order valence-corrected chi connectivity index (χ0v) is 19.9. The highest BCUT2D eigenvalue weighted by Gasteiger charge is 2.13. The van der Waals surface area contributed by atoms with Crippen molar-refractivity contribution < 1.29 is 19.1 Å². The minimum absolute atomic E-state index is 0.00175. The Morgan fingerprint density at radius 3 is 2.29 bits per heavy atom. The summed E-state index contributed by atoms with van der Waals surface area (Å²) in [5.74, 6) is -0.627. The topological polar surface area (TPSA) is 99.8 Å². The number of hydrogen-bond acceptors (Lipinski definition) is 5. The molecule has 8 nitrogen and oxygen atoms in total. The van der Waals surface area contributed by atoms with E-state index < -0.39 is 0 Å². The lowest BCUT2D eigenvalue weighted by atomic mass is 10.1. The molecule has 35 heavy (non-hydrogen) atoms. The smallest absolute Gasteiger partial charge is 0.253 e. The fourth-order valence-corrected chi connectivity index (χ4v) is 3.41. The first-order valence-corrected chi connectivity index (χ1v) is 11.3. The second-order valence-electron chi connectivity index (χ2n) is 7.96. The first kappa shape index (κ1) is 25.5. The Morgan fingerprint density at radius 2 is 1.54 bits per heavy atom. The van der Waals surface area contributed by atoms with Crippen molar-refractivity contribution in [2.75, 3.05) is 44.5 Å². The second kappa shape index (κ2) is 12.9. The van der Waals surface area contributed by atoms with Gasteiger partial charge < -0.3 is 25.6 Å². The number of anilines is 2. The fraction of sp³-hybridized carbons (Fsp3) is 0.222. The number of rotatable bonds is 11. The van der Waals surface area contributed by atoms with E-state index in [0.29, 0.717) is 42.2 Å². The average Bonchev–Trinajstić information content (AvgIpc) is 2.88. The van der Waals surface area contributed by atoms with Crippen LogP contribution >= 0.6 is 0 Å². The van der Waals surface area contributed by atoms with Crippen molar-refractivity contribution in [3.63, 3.8) is 0 Å². The van der Waals surface area contributed by atoms with Crippen LogP contribution in [0.1, 0.15) is 26.3 Å². The van der Waals surface area contributed by atoms with Gasteiger partial charge in [0.15, 0.2) is 0 Å². The van der Waals surface area contributed by atoms with Crippen LogP contribution in [0.25, 0.3) is 0 Å². The molecule has 0 fully saturated rings. The Morgan fingerprint density at radius 1 is 0.857 bits per heavy atom. The normalized spacial score (nSPS) is 10.3. The molecule has 0 heterocycles. The van der Waals surface area contributed by atoms with Crippen molar-refractivity contribution in [2.24, 2.45) is 0 Å². The molecule has 0 aliphatic carbocycles. The molecule has 0 aliphatic heterocycles. The highest BCUT2D eigenvalue weighted by Crippen LogP contribution is 2.15. The van der Waals surface area contributed by atoms with E-state index >= 15 is 0 Å². The van der Waals surface area contributed by atoms with Gasteiger partial charge in [-0.25, -0.2) is 0 Å². The van der Waals surface area contributed by atoms with E-state index in [2.05, 4.69) is 16.0 Å². The van der Waals surface area contributed by atoms with Crippen LogP contribution in [0.15, 0.2) is 78.9 Å². The van der Waals surface area contributed by atoms with Gasteiger partial charge in [0.25, 0.3) is 11.8 Å². The van der Waals surface area contributed by atoms with Gasteiger partial charge in [-0.15, -0.1) is 0 Å². The van der Waals surface area contributed by atoms with E-state index in [1.165, 1.54) is 0 Å². The summed E-state index contributed by atoms with van der Waals surface area (Å²) < 4.78 is 4.92. The lowest BCUT2D eigenvalue weighted by molar-refractivity contribution is -0.114. The summed E-state index contributed by atoms with van der Waals surface area (Å²) in [6.45, 7) is 1.33. The molecule has 3 aromatic carbocycles. The van der Waals surface area contributed by atoms with Crippen LogP contribution in [0.3, 0.4) is 0 Å². The van der Waals surface area contributed by atoms with E-state index in [-0.39, 0.29) is 24.3 Å². The number of carbonyl (C=O) groups excluding carboxylic acids is 3. The first-order valence-electron chi connectivity index (χ1n) is 11.3. The molecule has 3 rings (SSSR count). The average molecular weight is 475 g/mol. The summed E-state index contributed by atoms with van der Waals surface area (Å²) in [5, 5.41) is 8.56. The van der Waals surface area contributed by atoms with Crippen LogP contribution in [-0.2, 0) is 16.1 Å². The Hall–Kier alpha value is -4.17. The predicted octanol–water partition coefficient (Wildman–Crippen LogP) is 3.39. The molecule has 0 saturated carbocycles. The maximum absolute atomic E-state index is 12.8. The number of ether oxygens (including phenoxy) is 1. The summed E-state index contributed by atoms with van der Waals surface area (Å²) in [6.07, 6.45) is 0. The minimum atomic E-state index is -0.278. The third-order valence-corrected chi connectivity index (χ3v) is 5.17. The Labute approximate surface area is 205 Å². The van der Waals surface area contributed by atoms with Gasteiger partial charge in [-0.05, 0) is 42.0 Å². The second-order valence-corrected chi connectivity index (χ2v) is 7.96. The van der Waals surface area contributed by atoms with Gasteiger partial charge >= 0.3 is 0 Å². The number of carbonyl (C=O) groups is 3. The van der Waals surface area contributed by atoms with Crippen LogP contribution in [0.2, 0.25) is 0 Å². The number of nitrogens with one attached hydrogen (secondary N) is 3. The molecule has 3 aromatic rings. The Balaban J connectivity index is 1.53. The lowest BCUT2D eigenvalue weighted by Crippen LogP contribution is -2.27. The Bertz CT molecular complexity index is 1150. The van der Waals surface area contributed by atoms with Crippen LogP contribution in [-0.4, -0.2) is 56.5 Å². The maximum atomic E-state index is 12.8. The van der Waals surface area contributed by atoms with Crippen molar-refractivity contribution >= 4 is 29.1 Å². The molecule has 0 aliphatic rings. The van der Waals surface area contributed by atoms with Gasteiger partial charge in [0.05, 0.1) is 13.2 Å². The predicted molar refractivity (Wildman–Crippen MR) is 136 cm³/mol. The molecular weight excluding hydrogens is 444 g/mol. The first-order chi connectivity index (χ1) is 17.0. The summed E-state index contributed by atoms with van der Waals surface area (Å²) in [7, 11) is 3.32.